The average molecular weight is 652 g/mol. The molecule has 10 nitrogen and oxygen atoms in total. The van der Waals surface area contributed by atoms with E-state index in [2.05, 4.69) is 10.4 Å². The van der Waals surface area contributed by atoms with E-state index in [1.807, 2.05) is 43.5 Å². The van der Waals surface area contributed by atoms with E-state index in [9.17, 15) is 14.4 Å². The standard InChI is InChI=1S/C33H32Cl2N4O6/c1-21-27(34)7-3-9-30(21)44-15-16-45-33(43)39-14-4-6-26-25(5-2-8-29(26)39)23-18-36-38(20-23)19-22-17-24(10-11-28(22)35)37-31(40)12-13-32(41)42/h2-3,5,7-11,17-18,20H,4,6,12-16,19H2,1H3,(H,37,40)(H,41,42). The first-order chi connectivity index (χ1) is 21.7. The van der Waals surface area contributed by atoms with Gasteiger partial charge in [0, 0.05) is 46.0 Å². The monoisotopic (exact) mass is 650 g/mol. The highest BCUT2D eigenvalue weighted by molar-refractivity contribution is 6.31. The number of anilines is 2. The molecule has 0 saturated carbocycles. The van der Waals surface area contributed by atoms with Gasteiger partial charge in [0.1, 0.15) is 19.0 Å². The van der Waals surface area contributed by atoms with Gasteiger partial charge < -0.3 is 19.9 Å². The lowest BCUT2D eigenvalue weighted by atomic mass is 9.93. The lowest BCUT2D eigenvalue weighted by molar-refractivity contribution is -0.138. The summed E-state index contributed by atoms with van der Waals surface area (Å²) < 4.78 is 13.1. The predicted octanol–water partition coefficient (Wildman–Crippen LogP) is 6.99. The lowest BCUT2D eigenvalue weighted by Gasteiger charge is -2.30. The maximum absolute atomic E-state index is 13.1. The SMILES string of the molecule is Cc1c(Cl)cccc1OCCOC(=O)N1CCCc2c(-c3cnn(Cc4cc(NC(=O)CCC(=O)O)ccc4Cl)c3)cccc21. The Bertz CT molecular complexity index is 1720. The Morgan fingerprint density at radius 3 is 2.67 bits per heavy atom. The van der Waals surface area contributed by atoms with Crippen molar-refractivity contribution in [2.45, 2.75) is 39.2 Å². The molecular formula is C33H32Cl2N4O6. The first-order valence-electron chi connectivity index (χ1n) is 14.5. The van der Waals surface area contributed by atoms with Gasteiger partial charge >= 0.3 is 12.1 Å². The molecule has 1 aliphatic rings. The molecule has 4 aromatic rings. The molecule has 234 valence electrons. The fraction of sp³-hybridized carbons (Fsp3) is 0.273. The molecule has 2 N–H and O–H groups in total. The third-order valence-electron chi connectivity index (χ3n) is 7.43. The zero-order valence-corrected chi connectivity index (χ0v) is 26.1. The van der Waals surface area contributed by atoms with Crippen molar-refractivity contribution in [1.29, 1.82) is 0 Å². The Hall–Kier alpha value is -4.54. The maximum Gasteiger partial charge on any atom is 0.414 e. The number of ether oxygens (including phenoxy) is 2. The van der Waals surface area contributed by atoms with Gasteiger partial charge in [0.15, 0.2) is 0 Å². The molecule has 3 aromatic carbocycles. The molecular weight excluding hydrogens is 619 g/mol. The number of nitrogens with one attached hydrogen (secondary N) is 1. The number of rotatable bonds is 11. The summed E-state index contributed by atoms with van der Waals surface area (Å²) in [7, 11) is 0. The minimum absolute atomic E-state index is 0.0961. The van der Waals surface area contributed by atoms with Crippen LogP contribution in [0.25, 0.3) is 11.1 Å². The van der Waals surface area contributed by atoms with Crippen molar-refractivity contribution in [3.05, 3.63) is 93.7 Å². The molecule has 2 heterocycles. The summed E-state index contributed by atoms with van der Waals surface area (Å²) in [5.74, 6) is -0.767. The molecule has 45 heavy (non-hydrogen) atoms. The summed E-state index contributed by atoms with van der Waals surface area (Å²) in [6.45, 7) is 3.07. The molecule has 2 amide bonds. The van der Waals surface area contributed by atoms with Gasteiger partial charge in [0.05, 0.1) is 24.8 Å². The highest BCUT2D eigenvalue weighted by Crippen LogP contribution is 2.36. The second kappa shape index (κ2) is 14.5. The van der Waals surface area contributed by atoms with E-state index in [0.29, 0.717) is 34.6 Å². The van der Waals surface area contributed by atoms with Crippen molar-refractivity contribution in [1.82, 2.24) is 9.78 Å². The number of aliphatic carboxylic acids is 1. The summed E-state index contributed by atoms with van der Waals surface area (Å²) in [6.07, 6.45) is 4.47. The number of halogens is 2. The number of aromatic nitrogens is 2. The van der Waals surface area contributed by atoms with Gasteiger partial charge in [-0.05, 0) is 72.9 Å². The van der Waals surface area contributed by atoms with E-state index >= 15 is 0 Å². The third kappa shape index (κ3) is 7.95. The van der Waals surface area contributed by atoms with E-state index in [1.54, 1.807) is 40.0 Å². The minimum atomic E-state index is -1.03. The molecule has 0 aliphatic carbocycles. The second-order valence-corrected chi connectivity index (χ2v) is 11.4. The largest absolute Gasteiger partial charge is 0.490 e. The number of hydrogen-bond donors (Lipinski definition) is 2. The van der Waals surface area contributed by atoms with Crippen LogP contribution in [0.3, 0.4) is 0 Å². The van der Waals surface area contributed by atoms with Crippen LogP contribution in [0, 0.1) is 6.92 Å². The van der Waals surface area contributed by atoms with Gasteiger partial charge in [-0.3, -0.25) is 19.2 Å². The number of amides is 2. The lowest BCUT2D eigenvalue weighted by Crippen LogP contribution is -2.36. The Morgan fingerprint density at radius 1 is 1.02 bits per heavy atom. The van der Waals surface area contributed by atoms with E-state index in [-0.39, 0.29) is 32.0 Å². The van der Waals surface area contributed by atoms with Crippen LogP contribution in [-0.2, 0) is 27.3 Å². The van der Waals surface area contributed by atoms with Crippen LogP contribution in [0.2, 0.25) is 10.0 Å². The number of carbonyl (C=O) groups is 3. The van der Waals surface area contributed by atoms with Crippen LogP contribution in [0.4, 0.5) is 16.2 Å². The first-order valence-corrected chi connectivity index (χ1v) is 15.2. The number of benzene rings is 3. The average Bonchev–Trinajstić information content (AvgIpc) is 3.49. The quantitative estimate of drug-likeness (QED) is 0.168. The Morgan fingerprint density at radius 2 is 1.84 bits per heavy atom. The molecule has 1 aliphatic heterocycles. The van der Waals surface area contributed by atoms with E-state index in [1.165, 1.54) is 0 Å². The van der Waals surface area contributed by atoms with Crippen LogP contribution >= 0.6 is 23.2 Å². The topological polar surface area (TPSA) is 123 Å². The molecule has 0 spiro atoms. The van der Waals surface area contributed by atoms with Crippen LogP contribution < -0.4 is 15.0 Å². The normalized spacial score (nSPS) is 12.4. The third-order valence-corrected chi connectivity index (χ3v) is 8.21. The zero-order chi connectivity index (χ0) is 31.9. The summed E-state index contributed by atoms with van der Waals surface area (Å²) in [4.78, 5) is 37.6. The van der Waals surface area contributed by atoms with Crippen LogP contribution in [0.1, 0.15) is 36.0 Å². The number of carbonyl (C=O) groups excluding carboxylic acids is 2. The smallest absolute Gasteiger partial charge is 0.414 e. The number of nitrogens with zero attached hydrogens (tertiary/aromatic N) is 3. The van der Waals surface area contributed by atoms with Crippen molar-refractivity contribution >= 4 is 52.5 Å². The molecule has 0 atom stereocenters. The van der Waals surface area contributed by atoms with E-state index in [4.69, 9.17) is 37.8 Å². The van der Waals surface area contributed by atoms with Gasteiger partial charge in [-0.15, -0.1) is 0 Å². The van der Waals surface area contributed by atoms with E-state index in [0.717, 1.165) is 46.3 Å². The number of carboxylic acid groups (broad SMARTS) is 1. The van der Waals surface area contributed by atoms with Gasteiger partial charge in [-0.25, -0.2) is 4.79 Å². The molecule has 0 bridgehead atoms. The molecule has 0 unspecified atom stereocenters. The molecule has 12 heteroatoms. The minimum Gasteiger partial charge on any atom is -0.490 e. The number of carboxylic acids is 1. The van der Waals surface area contributed by atoms with E-state index < -0.39 is 12.1 Å². The van der Waals surface area contributed by atoms with Crippen molar-refractivity contribution in [3.63, 3.8) is 0 Å². The Balaban J connectivity index is 1.24. The van der Waals surface area contributed by atoms with Gasteiger partial charge in [0.25, 0.3) is 0 Å². The molecule has 0 radical (unpaired) electrons. The molecule has 0 saturated heterocycles. The highest BCUT2D eigenvalue weighted by Gasteiger charge is 2.26. The molecule has 0 fully saturated rings. The fourth-order valence-corrected chi connectivity index (χ4v) is 5.51. The summed E-state index contributed by atoms with van der Waals surface area (Å²) in [6, 6.07) is 16.4. The zero-order valence-electron chi connectivity index (χ0n) is 24.6. The van der Waals surface area contributed by atoms with Crippen molar-refractivity contribution in [3.8, 4) is 16.9 Å². The van der Waals surface area contributed by atoms with Crippen molar-refractivity contribution in [2.24, 2.45) is 0 Å². The molecule has 1 aromatic heterocycles. The summed E-state index contributed by atoms with van der Waals surface area (Å²) in [5, 5.41) is 17.2. The summed E-state index contributed by atoms with van der Waals surface area (Å²) >= 11 is 12.6. The highest BCUT2D eigenvalue weighted by atomic mass is 35.5. The molecule has 5 rings (SSSR count). The van der Waals surface area contributed by atoms with Gasteiger partial charge in [-0.2, -0.15) is 5.10 Å². The number of fused-ring (bicyclic) bond motifs is 1. The fourth-order valence-electron chi connectivity index (χ4n) is 5.17. The van der Waals surface area contributed by atoms with Crippen molar-refractivity contribution in [2.75, 3.05) is 30.0 Å². The maximum atomic E-state index is 13.1. The van der Waals surface area contributed by atoms with Crippen LogP contribution in [-0.4, -0.2) is 52.6 Å². The Labute approximate surface area is 270 Å². The second-order valence-electron chi connectivity index (χ2n) is 10.6. The van der Waals surface area contributed by atoms with Crippen LogP contribution in [0.5, 0.6) is 5.75 Å². The summed E-state index contributed by atoms with van der Waals surface area (Å²) in [5.41, 5.74) is 5.80. The number of hydrogen-bond acceptors (Lipinski definition) is 6. The van der Waals surface area contributed by atoms with Crippen LogP contribution in [0.15, 0.2) is 67.0 Å². The van der Waals surface area contributed by atoms with Gasteiger partial charge in [-0.1, -0.05) is 41.4 Å². The predicted molar refractivity (Wildman–Crippen MR) is 172 cm³/mol. The Kier molecular flexibility index (Phi) is 10.3. The van der Waals surface area contributed by atoms with Gasteiger partial charge in [0.2, 0.25) is 5.91 Å². The first kappa shape index (κ1) is 31.9. The van der Waals surface area contributed by atoms with Crippen molar-refractivity contribution < 1.29 is 29.0 Å².